The largest absolute Gasteiger partial charge is 0.350 e. The molecule has 0 radical (unpaired) electrons. The summed E-state index contributed by atoms with van der Waals surface area (Å²) in [4.78, 5) is 11.2. The molecule has 0 fully saturated rings. The lowest BCUT2D eigenvalue weighted by Crippen LogP contribution is -2.32. The highest BCUT2D eigenvalue weighted by molar-refractivity contribution is 7.92. The Bertz CT molecular complexity index is 933. The molecule has 26 heavy (non-hydrogen) atoms. The predicted octanol–water partition coefficient (Wildman–Crippen LogP) is 3.43. The maximum Gasteiger partial charge on any atom is 0.264 e. The van der Waals surface area contributed by atoms with E-state index >= 15 is 0 Å². The minimum Gasteiger partial charge on any atom is -0.350 e. The molecule has 0 aliphatic rings. The van der Waals surface area contributed by atoms with Gasteiger partial charge in [0, 0.05) is 6.04 Å². The van der Waals surface area contributed by atoms with Gasteiger partial charge < -0.3 is 5.32 Å². The molecule has 2 N–H and O–H groups in total. The van der Waals surface area contributed by atoms with Gasteiger partial charge in [0.15, 0.2) is 17.5 Å². The summed E-state index contributed by atoms with van der Waals surface area (Å²) in [6.07, 6.45) is 0.666. The number of amides is 1. The van der Waals surface area contributed by atoms with Gasteiger partial charge in [-0.3, -0.25) is 9.52 Å². The number of para-hydroxylation sites is 1. The number of nitrogens with one attached hydrogen (secondary N) is 2. The molecule has 0 aromatic heterocycles. The number of carbonyl (C=O) groups is 1. The molecule has 5 nitrogen and oxygen atoms in total. The summed E-state index contributed by atoms with van der Waals surface area (Å²) in [5.41, 5.74) is -0.100. The molecule has 9 heteroatoms. The fraction of sp³-hybridized carbons (Fsp3) is 0.235. The monoisotopic (exact) mass is 386 g/mol. The van der Waals surface area contributed by atoms with Crippen LogP contribution in [0.2, 0.25) is 0 Å². The second-order valence-electron chi connectivity index (χ2n) is 5.61. The van der Waals surface area contributed by atoms with Crippen LogP contribution < -0.4 is 10.0 Å². The summed E-state index contributed by atoms with van der Waals surface area (Å²) in [7, 11) is -4.58. The second-order valence-corrected chi connectivity index (χ2v) is 7.26. The first-order valence-corrected chi connectivity index (χ1v) is 9.22. The number of rotatable bonds is 6. The SMILES string of the molecule is CC[C@H](C)NC(=O)c1ccccc1NS(=O)(=O)c1ccc(F)c(F)c1F. The predicted molar refractivity (Wildman–Crippen MR) is 90.8 cm³/mol. The zero-order valence-corrected chi connectivity index (χ0v) is 14.8. The van der Waals surface area contributed by atoms with Gasteiger partial charge in [-0.15, -0.1) is 0 Å². The standard InChI is InChI=1S/C17H17F3N2O3S/c1-3-10(2)21-17(23)11-6-4-5-7-13(11)22-26(24,25)14-9-8-12(18)15(19)16(14)20/h4-10,22H,3H2,1-2H3,(H,21,23)/t10-/m0/s1. The highest BCUT2D eigenvalue weighted by atomic mass is 32.2. The van der Waals surface area contributed by atoms with Gasteiger partial charge in [-0.1, -0.05) is 19.1 Å². The molecule has 0 saturated carbocycles. The maximum absolute atomic E-state index is 13.8. The van der Waals surface area contributed by atoms with Gasteiger partial charge >= 0.3 is 0 Å². The van der Waals surface area contributed by atoms with Crippen LogP contribution in [0.15, 0.2) is 41.3 Å². The molecule has 2 aromatic carbocycles. The number of sulfonamides is 1. The van der Waals surface area contributed by atoms with Crippen molar-refractivity contribution in [3.63, 3.8) is 0 Å². The van der Waals surface area contributed by atoms with Crippen molar-refractivity contribution in [2.24, 2.45) is 0 Å². The van der Waals surface area contributed by atoms with E-state index in [9.17, 15) is 26.4 Å². The van der Waals surface area contributed by atoms with Crippen molar-refractivity contribution in [1.29, 1.82) is 0 Å². The minimum atomic E-state index is -4.58. The van der Waals surface area contributed by atoms with Crippen molar-refractivity contribution in [1.82, 2.24) is 5.32 Å². The average Bonchev–Trinajstić information content (AvgIpc) is 2.59. The Morgan fingerprint density at radius 2 is 1.73 bits per heavy atom. The van der Waals surface area contributed by atoms with E-state index in [1.807, 2.05) is 11.6 Å². The van der Waals surface area contributed by atoms with Crippen LogP contribution in [0.5, 0.6) is 0 Å². The van der Waals surface area contributed by atoms with Crippen molar-refractivity contribution in [2.75, 3.05) is 4.72 Å². The van der Waals surface area contributed by atoms with E-state index in [-0.39, 0.29) is 17.3 Å². The van der Waals surface area contributed by atoms with E-state index in [4.69, 9.17) is 0 Å². The van der Waals surface area contributed by atoms with Crippen LogP contribution in [0.4, 0.5) is 18.9 Å². The number of anilines is 1. The van der Waals surface area contributed by atoms with E-state index < -0.39 is 38.3 Å². The second kappa shape index (κ2) is 7.77. The van der Waals surface area contributed by atoms with Crippen LogP contribution >= 0.6 is 0 Å². The van der Waals surface area contributed by atoms with Crippen LogP contribution in [0.25, 0.3) is 0 Å². The number of halogens is 3. The Morgan fingerprint density at radius 3 is 2.38 bits per heavy atom. The van der Waals surface area contributed by atoms with Crippen LogP contribution in [-0.4, -0.2) is 20.4 Å². The van der Waals surface area contributed by atoms with Gasteiger partial charge in [-0.25, -0.2) is 21.6 Å². The fourth-order valence-electron chi connectivity index (χ4n) is 2.09. The quantitative estimate of drug-likeness (QED) is 0.747. The van der Waals surface area contributed by atoms with Crippen LogP contribution in [0.1, 0.15) is 30.6 Å². The molecule has 2 rings (SSSR count). The molecular formula is C17H17F3N2O3S. The normalized spacial score (nSPS) is 12.5. The number of hydrogen-bond donors (Lipinski definition) is 2. The maximum atomic E-state index is 13.8. The molecule has 0 spiro atoms. The minimum absolute atomic E-state index is 0.0133. The van der Waals surface area contributed by atoms with Crippen molar-refractivity contribution in [3.8, 4) is 0 Å². The topological polar surface area (TPSA) is 75.3 Å². The molecule has 1 atom stereocenters. The highest BCUT2D eigenvalue weighted by Crippen LogP contribution is 2.24. The van der Waals surface area contributed by atoms with E-state index in [1.165, 1.54) is 24.3 Å². The first-order valence-electron chi connectivity index (χ1n) is 7.73. The van der Waals surface area contributed by atoms with E-state index in [0.717, 1.165) is 0 Å². The number of hydrogen-bond acceptors (Lipinski definition) is 3. The summed E-state index contributed by atoms with van der Waals surface area (Å²) in [6.45, 7) is 3.65. The Morgan fingerprint density at radius 1 is 1.08 bits per heavy atom. The first kappa shape index (κ1) is 19.8. The number of carbonyl (C=O) groups excluding carboxylic acids is 1. The molecule has 0 unspecified atom stereocenters. The van der Waals surface area contributed by atoms with Gasteiger partial charge in [0.05, 0.1) is 11.3 Å². The fourth-order valence-corrected chi connectivity index (χ4v) is 3.24. The van der Waals surface area contributed by atoms with Crippen molar-refractivity contribution < 1.29 is 26.4 Å². The van der Waals surface area contributed by atoms with Gasteiger partial charge in [0.25, 0.3) is 15.9 Å². The van der Waals surface area contributed by atoms with Crippen molar-refractivity contribution in [2.45, 2.75) is 31.2 Å². The van der Waals surface area contributed by atoms with Crippen molar-refractivity contribution in [3.05, 3.63) is 59.4 Å². The third kappa shape index (κ3) is 4.16. The van der Waals surface area contributed by atoms with Crippen LogP contribution in [0.3, 0.4) is 0 Å². The van der Waals surface area contributed by atoms with Gasteiger partial charge in [0.1, 0.15) is 4.90 Å². The summed E-state index contributed by atoms with van der Waals surface area (Å²) in [6, 6.07) is 6.67. The molecule has 140 valence electrons. The van der Waals surface area contributed by atoms with Gasteiger partial charge in [-0.05, 0) is 37.6 Å². The summed E-state index contributed by atoms with van der Waals surface area (Å²) < 4.78 is 67.0. The Balaban J connectivity index is 2.40. The Hall–Kier alpha value is -2.55. The molecule has 0 bridgehead atoms. The van der Waals surface area contributed by atoms with Gasteiger partial charge in [0.2, 0.25) is 0 Å². The summed E-state index contributed by atoms with van der Waals surface area (Å²) >= 11 is 0. The third-order valence-electron chi connectivity index (χ3n) is 3.70. The molecular weight excluding hydrogens is 369 g/mol. The Labute approximate surface area is 149 Å². The smallest absolute Gasteiger partial charge is 0.264 e. The highest BCUT2D eigenvalue weighted by Gasteiger charge is 2.25. The zero-order chi connectivity index (χ0) is 19.5. The molecule has 1 amide bonds. The lowest BCUT2D eigenvalue weighted by Gasteiger charge is -2.15. The zero-order valence-electron chi connectivity index (χ0n) is 14.0. The van der Waals surface area contributed by atoms with Gasteiger partial charge in [-0.2, -0.15) is 0 Å². The third-order valence-corrected chi connectivity index (χ3v) is 5.08. The lowest BCUT2D eigenvalue weighted by molar-refractivity contribution is 0.0940. The van der Waals surface area contributed by atoms with Crippen molar-refractivity contribution >= 4 is 21.6 Å². The summed E-state index contributed by atoms with van der Waals surface area (Å²) in [5, 5.41) is 2.68. The first-order chi connectivity index (χ1) is 12.2. The van der Waals surface area contributed by atoms with E-state index in [1.54, 1.807) is 6.92 Å². The molecule has 0 heterocycles. The lowest BCUT2D eigenvalue weighted by atomic mass is 10.1. The molecule has 0 aliphatic carbocycles. The molecule has 0 aliphatic heterocycles. The van der Waals surface area contributed by atoms with E-state index in [0.29, 0.717) is 18.6 Å². The van der Waals surface area contributed by atoms with Crippen LogP contribution in [0, 0.1) is 17.5 Å². The van der Waals surface area contributed by atoms with E-state index in [2.05, 4.69) is 5.32 Å². The average molecular weight is 386 g/mol. The van der Waals surface area contributed by atoms with Crippen LogP contribution in [-0.2, 0) is 10.0 Å². The number of benzene rings is 2. The summed E-state index contributed by atoms with van der Waals surface area (Å²) in [5.74, 6) is -5.76. The Kier molecular flexibility index (Phi) is 5.91. The molecule has 0 saturated heterocycles. The molecule has 2 aromatic rings.